The lowest BCUT2D eigenvalue weighted by molar-refractivity contribution is -0.143. The third-order valence-corrected chi connectivity index (χ3v) is 5.28. The Morgan fingerprint density at radius 3 is 2.26 bits per heavy atom. The summed E-state index contributed by atoms with van der Waals surface area (Å²) in [4.78, 5) is 13.4. The molecule has 0 atom stereocenters. The zero-order valence-corrected chi connectivity index (χ0v) is 12.3. The molecule has 0 radical (unpaired) electrons. The van der Waals surface area contributed by atoms with Crippen LogP contribution in [0.4, 0.5) is 0 Å². The number of hydrogen-bond acceptors (Lipinski definition) is 2. The quantitative estimate of drug-likeness (QED) is 0.828. The Balaban J connectivity index is 1.66. The van der Waals surface area contributed by atoms with Gasteiger partial charge in [0.1, 0.15) is 0 Å². The van der Waals surface area contributed by atoms with Crippen LogP contribution in [0, 0.1) is 11.8 Å². The van der Waals surface area contributed by atoms with E-state index >= 15 is 0 Å². The molecule has 0 aromatic heterocycles. The molecule has 2 aliphatic rings. The molecule has 0 spiro atoms. The zero-order chi connectivity index (χ0) is 13.7. The summed E-state index contributed by atoms with van der Waals surface area (Å²) in [6.45, 7) is 1.20. The second-order valence-corrected chi connectivity index (χ2v) is 6.62. The number of rotatable bonds is 5. The molecular weight excluding hydrogens is 238 g/mol. The molecule has 2 saturated carbocycles. The number of carboxylic acids is 1. The highest BCUT2D eigenvalue weighted by atomic mass is 16.4. The molecule has 1 N–H and O–H groups in total. The fraction of sp³-hybridized carbons (Fsp3) is 0.938. The third kappa shape index (κ3) is 4.48. The van der Waals surface area contributed by atoms with E-state index in [1.807, 2.05) is 0 Å². The molecule has 0 saturated heterocycles. The van der Waals surface area contributed by atoms with Crippen molar-refractivity contribution in [3.63, 3.8) is 0 Å². The van der Waals surface area contributed by atoms with Gasteiger partial charge >= 0.3 is 5.97 Å². The summed E-state index contributed by atoms with van der Waals surface area (Å²) in [6.07, 6.45) is 12.4. The molecule has 3 heteroatoms. The standard InChI is InChI=1S/C16H29NO2/c1-17(12-11-13-5-3-2-4-6-13)15-9-7-14(8-10-15)16(18)19/h13-15H,2-12H2,1H3,(H,18,19). The van der Waals surface area contributed by atoms with E-state index in [-0.39, 0.29) is 5.92 Å². The maximum Gasteiger partial charge on any atom is 0.306 e. The normalized spacial score (nSPS) is 29.6. The van der Waals surface area contributed by atoms with Crippen LogP contribution in [-0.2, 0) is 4.79 Å². The van der Waals surface area contributed by atoms with Crippen LogP contribution in [0.3, 0.4) is 0 Å². The molecule has 0 amide bonds. The van der Waals surface area contributed by atoms with Gasteiger partial charge in [-0.25, -0.2) is 0 Å². The van der Waals surface area contributed by atoms with E-state index in [0.29, 0.717) is 6.04 Å². The predicted molar refractivity (Wildman–Crippen MR) is 77.2 cm³/mol. The fourth-order valence-corrected chi connectivity index (χ4v) is 3.81. The second-order valence-electron chi connectivity index (χ2n) is 6.62. The molecule has 0 unspecified atom stereocenters. The van der Waals surface area contributed by atoms with Crippen molar-refractivity contribution in [2.45, 2.75) is 70.3 Å². The molecule has 0 aromatic rings. The van der Waals surface area contributed by atoms with Gasteiger partial charge in [0.25, 0.3) is 0 Å². The van der Waals surface area contributed by atoms with Crippen LogP contribution in [0.5, 0.6) is 0 Å². The maximum atomic E-state index is 10.9. The summed E-state index contributed by atoms with van der Waals surface area (Å²) in [6, 6.07) is 0.624. The molecule has 110 valence electrons. The Labute approximate surface area is 117 Å². The van der Waals surface area contributed by atoms with Gasteiger partial charge in [-0.3, -0.25) is 4.79 Å². The van der Waals surface area contributed by atoms with Gasteiger partial charge in [0.15, 0.2) is 0 Å². The Kier molecular flexibility index (Phi) is 5.68. The van der Waals surface area contributed by atoms with Crippen molar-refractivity contribution in [3.05, 3.63) is 0 Å². The highest BCUT2D eigenvalue weighted by Gasteiger charge is 2.28. The number of carbonyl (C=O) groups is 1. The van der Waals surface area contributed by atoms with Crippen molar-refractivity contribution in [1.82, 2.24) is 4.90 Å². The molecule has 0 bridgehead atoms. The number of carboxylic acid groups (broad SMARTS) is 1. The molecule has 2 rings (SSSR count). The Morgan fingerprint density at radius 1 is 1.05 bits per heavy atom. The molecule has 19 heavy (non-hydrogen) atoms. The zero-order valence-electron chi connectivity index (χ0n) is 12.3. The largest absolute Gasteiger partial charge is 0.481 e. The monoisotopic (exact) mass is 267 g/mol. The topological polar surface area (TPSA) is 40.5 Å². The van der Waals surface area contributed by atoms with Gasteiger partial charge < -0.3 is 10.0 Å². The number of nitrogens with zero attached hydrogens (tertiary/aromatic N) is 1. The van der Waals surface area contributed by atoms with Crippen molar-refractivity contribution < 1.29 is 9.90 Å². The van der Waals surface area contributed by atoms with E-state index < -0.39 is 5.97 Å². The molecule has 3 nitrogen and oxygen atoms in total. The van der Waals surface area contributed by atoms with Crippen LogP contribution in [0.25, 0.3) is 0 Å². The second kappa shape index (κ2) is 7.28. The van der Waals surface area contributed by atoms with Gasteiger partial charge in [-0.2, -0.15) is 0 Å². The van der Waals surface area contributed by atoms with Crippen LogP contribution >= 0.6 is 0 Å². The molecule has 0 aromatic carbocycles. The summed E-state index contributed by atoms with van der Waals surface area (Å²) in [5.74, 6) is 0.276. The van der Waals surface area contributed by atoms with Crippen molar-refractivity contribution in [3.8, 4) is 0 Å². The lowest BCUT2D eigenvalue weighted by Crippen LogP contribution is -2.37. The van der Waals surface area contributed by atoms with Gasteiger partial charge in [-0.05, 0) is 51.6 Å². The minimum Gasteiger partial charge on any atom is -0.481 e. The first-order valence-electron chi connectivity index (χ1n) is 8.10. The van der Waals surface area contributed by atoms with Crippen LogP contribution in [0.15, 0.2) is 0 Å². The Hall–Kier alpha value is -0.570. The molecular formula is C16H29NO2. The van der Waals surface area contributed by atoms with Crippen LogP contribution in [0.1, 0.15) is 64.2 Å². The molecule has 2 fully saturated rings. The van der Waals surface area contributed by atoms with E-state index in [1.165, 1.54) is 45.1 Å². The van der Waals surface area contributed by atoms with Crippen molar-refractivity contribution in [2.75, 3.05) is 13.6 Å². The fourth-order valence-electron chi connectivity index (χ4n) is 3.81. The minimum atomic E-state index is -0.594. The van der Waals surface area contributed by atoms with E-state index in [4.69, 9.17) is 5.11 Å². The first-order chi connectivity index (χ1) is 9.16. The first kappa shape index (κ1) is 14.8. The van der Waals surface area contributed by atoms with Gasteiger partial charge in [0.05, 0.1) is 5.92 Å². The Bertz CT molecular complexity index is 278. The first-order valence-corrected chi connectivity index (χ1v) is 8.10. The van der Waals surface area contributed by atoms with Gasteiger partial charge in [0, 0.05) is 6.04 Å². The van der Waals surface area contributed by atoms with Crippen LogP contribution in [-0.4, -0.2) is 35.6 Å². The number of aliphatic carboxylic acids is 1. The lowest BCUT2D eigenvalue weighted by atomic mass is 9.84. The van der Waals surface area contributed by atoms with Crippen molar-refractivity contribution in [2.24, 2.45) is 11.8 Å². The van der Waals surface area contributed by atoms with E-state index in [1.54, 1.807) is 0 Å². The molecule has 2 aliphatic carbocycles. The third-order valence-electron chi connectivity index (χ3n) is 5.28. The Morgan fingerprint density at radius 2 is 1.68 bits per heavy atom. The van der Waals surface area contributed by atoms with Crippen LogP contribution < -0.4 is 0 Å². The maximum absolute atomic E-state index is 10.9. The van der Waals surface area contributed by atoms with Crippen molar-refractivity contribution >= 4 is 5.97 Å². The smallest absolute Gasteiger partial charge is 0.306 e. The minimum absolute atomic E-state index is 0.0806. The molecule has 0 aliphatic heterocycles. The average Bonchev–Trinajstić information content (AvgIpc) is 2.46. The van der Waals surface area contributed by atoms with Gasteiger partial charge in [-0.1, -0.05) is 32.1 Å². The van der Waals surface area contributed by atoms with Crippen LogP contribution in [0.2, 0.25) is 0 Å². The van der Waals surface area contributed by atoms with E-state index in [2.05, 4.69) is 11.9 Å². The summed E-state index contributed by atoms with van der Waals surface area (Å²) < 4.78 is 0. The summed E-state index contributed by atoms with van der Waals surface area (Å²) in [7, 11) is 2.23. The van der Waals surface area contributed by atoms with Crippen molar-refractivity contribution in [1.29, 1.82) is 0 Å². The van der Waals surface area contributed by atoms with Gasteiger partial charge in [0.2, 0.25) is 0 Å². The van der Waals surface area contributed by atoms with Gasteiger partial charge in [-0.15, -0.1) is 0 Å². The lowest BCUT2D eigenvalue weighted by Gasteiger charge is -2.34. The summed E-state index contributed by atoms with van der Waals surface area (Å²) in [5, 5.41) is 9.02. The predicted octanol–water partition coefficient (Wildman–Crippen LogP) is 3.53. The molecule has 0 heterocycles. The summed E-state index contributed by atoms with van der Waals surface area (Å²) >= 11 is 0. The van der Waals surface area contributed by atoms with E-state index in [9.17, 15) is 4.79 Å². The number of hydrogen-bond donors (Lipinski definition) is 1. The highest BCUT2D eigenvalue weighted by molar-refractivity contribution is 5.70. The highest BCUT2D eigenvalue weighted by Crippen LogP contribution is 2.29. The SMILES string of the molecule is CN(CCC1CCCCC1)C1CCC(C(=O)O)CC1. The average molecular weight is 267 g/mol. The van der Waals surface area contributed by atoms with E-state index in [0.717, 1.165) is 31.6 Å². The summed E-state index contributed by atoms with van der Waals surface area (Å²) in [5.41, 5.74) is 0.